The Labute approximate surface area is 274 Å². The molecule has 0 unspecified atom stereocenters. The number of aromatic nitrogens is 3. The van der Waals surface area contributed by atoms with Crippen LogP contribution in [0.1, 0.15) is 32.9 Å². The van der Waals surface area contributed by atoms with E-state index >= 15 is 4.39 Å². The lowest BCUT2D eigenvalue weighted by Crippen LogP contribution is -2.43. The summed E-state index contributed by atoms with van der Waals surface area (Å²) in [6, 6.07) is 14.9. The van der Waals surface area contributed by atoms with Crippen LogP contribution in [0.4, 0.5) is 22.0 Å². The first-order chi connectivity index (χ1) is 23.2. The summed E-state index contributed by atoms with van der Waals surface area (Å²) in [5, 5.41) is 19.3. The number of carbonyl (C=O) groups is 2. The van der Waals surface area contributed by atoms with Crippen molar-refractivity contribution < 1.29 is 36.6 Å². The lowest BCUT2D eigenvalue weighted by atomic mass is 9.90. The minimum absolute atomic E-state index is 0.0280. The van der Waals surface area contributed by atoms with Gasteiger partial charge in [-0.25, -0.2) is 13.6 Å². The molecular weight excluding hydrogens is 647 g/mol. The number of aryl methyl sites for hydroxylation is 3. The van der Waals surface area contributed by atoms with Crippen LogP contribution in [0.3, 0.4) is 0 Å². The number of nitrogens with zero attached hydrogens (tertiary/aromatic N) is 2. The first-order valence-electron chi connectivity index (χ1n) is 14.9. The van der Waals surface area contributed by atoms with Crippen LogP contribution in [0.25, 0.3) is 43.9 Å². The number of hydrogen-bond donors (Lipinski definition) is 3. The molecule has 2 heterocycles. The largest absolute Gasteiger partial charge is 0.480 e. The predicted molar refractivity (Wildman–Crippen MR) is 173 cm³/mol. The van der Waals surface area contributed by atoms with Gasteiger partial charge in [0.25, 0.3) is 11.5 Å². The maximum atomic E-state index is 15.7. The van der Waals surface area contributed by atoms with Gasteiger partial charge in [-0.3, -0.25) is 14.7 Å². The van der Waals surface area contributed by atoms with Crippen LogP contribution < -0.4 is 10.9 Å². The third-order valence-electron chi connectivity index (χ3n) is 8.61. The molecule has 0 bridgehead atoms. The van der Waals surface area contributed by atoms with E-state index in [1.807, 2.05) is 0 Å². The summed E-state index contributed by atoms with van der Waals surface area (Å²) in [5.41, 5.74) is -2.11. The van der Waals surface area contributed by atoms with Gasteiger partial charge in [0.1, 0.15) is 23.2 Å². The van der Waals surface area contributed by atoms with E-state index < -0.39 is 64.4 Å². The Bertz CT molecular complexity index is 2360. The number of carbonyl (C=O) groups excluding carboxylic acids is 1. The van der Waals surface area contributed by atoms with Crippen LogP contribution in [-0.4, -0.2) is 37.8 Å². The summed E-state index contributed by atoms with van der Waals surface area (Å²) in [6.07, 6.45) is -5.32. The molecule has 1 amide bonds. The molecule has 0 aliphatic heterocycles. The van der Waals surface area contributed by atoms with Crippen molar-refractivity contribution in [2.24, 2.45) is 7.05 Å². The number of alkyl halides is 3. The number of rotatable bonds is 7. The molecule has 0 saturated heterocycles. The number of nitrogens with one attached hydrogen (secondary N) is 2. The first kappa shape index (κ1) is 33.1. The Balaban J connectivity index is 1.43. The highest BCUT2D eigenvalue weighted by molar-refractivity contribution is 6.02. The maximum Gasteiger partial charge on any atom is 0.417 e. The lowest BCUT2D eigenvalue weighted by Gasteiger charge is -2.20. The van der Waals surface area contributed by atoms with Crippen molar-refractivity contribution in [2.45, 2.75) is 32.5 Å². The van der Waals surface area contributed by atoms with E-state index in [9.17, 15) is 37.1 Å². The zero-order valence-corrected chi connectivity index (χ0v) is 26.2. The first-order valence-corrected chi connectivity index (χ1v) is 14.9. The summed E-state index contributed by atoms with van der Waals surface area (Å²) >= 11 is 0. The number of H-pyrrole nitrogens is 1. The number of hydrogen-bond acceptors (Lipinski definition) is 4. The lowest BCUT2D eigenvalue weighted by molar-refractivity contribution is -0.139. The molecule has 0 fully saturated rings. The Hall–Kier alpha value is -5.85. The predicted octanol–water partition coefficient (Wildman–Crippen LogP) is 7.09. The van der Waals surface area contributed by atoms with Gasteiger partial charge < -0.3 is 15.0 Å². The van der Waals surface area contributed by atoms with Crippen molar-refractivity contribution in [1.29, 1.82) is 0 Å². The SMILES string of the molecule is Cc1n[nH]c(C)c1-c1ccc(F)c(C(=O)N[C@@H](Cc2cccc3c(-c4c(C(F)(F)F)c5ccccc5n(C)c4=O)cccc23)C(=O)O)c1F. The van der Waals surface area contributed by atoms with Gasteiger partial charge in [0.15, 0.2) is 0 Å². The zero-order chi connectivity index (χ0) is 35.4. The molecule has 1 atom stereocenters. The summed E-state index contributed by atoms with van der Waals surface area (Å²) < 4.78 is 75.7. The third kappa shape index (κ3) is 5.70. The Morgan fingerprint density at radius 3 is 2.24 bits per heavy atom. The summed E-state index contributed by atoms with van der Waals surface area (Å²) in [5.74, 6) is -5.27. The minimum Gasteiger partial charge on any atom is -0.480 e. The average molecular weight is 675 g/mol. The number of benzene rings is 4. The molecule has 0 saturated carbocycles. The van der Waals surface area contributed by atoms with Crippen molar-refractivity contribution >= 4 is 33.6 Å². The van der Waals surface area contributed by atoms with Crippen molar-refractivity contribution in [3.05, 3.63) is 123 Å². The standard InChI is InChI=1S/C36H27F5N4O4/c1-17-28(18(2)44-43-17)24-14-15-25(37)30(32(24)38)33(46)42-26(35(48)49)16-19-8-6-11-21-20(19)10-7-12-22(21)29-31(36(39,40)41)23-9-4-5-13-27(23)45(3)34(29)47/h4-15,26H,16H2,1-3H3,(H,42,46)(H,43,44)(H,48,49)/t26-/m0/s1. The van der Waals surface area contributed by atoms with E-state index in [1.165, 1.54) is 61.6 Å². The van der Waals surface area contributed by atoms with Crippen molar-refractivity contribution in [3.8, 4) is 22.3 Å². The molecule has 2 aromatic heterocycles. The molecule has 0 spiro atoms. The second kappa shape index (κ2) is 12.3. The molecule has 3 N–H and O–H groups in total. The zero-order valence-electron chi connectivity index (χ0n) is 26.2. The highest BCUT2D eigenvalue weighted by Gasteiger charge is 2.38. The fourth-order valence-corrected chi connectivity index (χ4v) is 6.36. The highest BCUT2D eigenvalue weighted by Crippen LogP contribution is 2.42. The molecule has 6 aromatic rings. The van der Waals surface area contributed by atoms with Gasteiger partial charge in [0.05, 0.1) is 22.3 Å². The normalized spacial score (nSPS) is 12.4. The molecular formula is C36H27F5N4O4. The van der Waals surface area contributed by atoms with E-state index in [-0.39, 0.29) is 33.0 Å². The van der Waals surface area contributed by atoms with E-state index in [0.29, 0.717) is 22.3 Å². The summed E-state index contributed by atoms with van der Waals surface area (Å²) in [7, 11) is 1.38. The van der Waals surface area contributed by atoms with Gasteiger partial charge in [-0.05, 0) is 53.9 Å². The van der Waals surface area contributed by atoms with E-state index in [1.54, 1.807) is 19.9 Å². The second-order valence-corrected chi connectivity index (χ2v) is 11.6. The highest BCUT2D eigenvalue weighted by atomic mass is 19.4. The molecule has 6 rings (SSSR count). The number of amides is 1. The molecule has 49 heavy (non-hydrogen) atoms. The Morgan fingerprint density at radius 2 is 1.57 bits per heavy atom. The van der Waals surface area contributed by atoms with Gasteiger partial charge in [-0.2, -0.15) is 18.3 Å². The fourth-order valence-electron chi connectivity index (χ4n) is 6.36. The second-order valence-electron chi connectivity index (χ2n) is 11.6. The van der Waals surface area contributed by atoms with Crippen molar-refractivity contribution in [3.63, 3.8) is 0 Å². The minimum atomic E-state index is -4.91. The molecule has 0 radical (unpaired) electrons. The third-order valence-corrected chi connectivity index (χ3v) is 8.61. The van der Waals surface area contributed by atoms with Crippen LogP contribution in [0.2, 0.25) is 0 Å². The number of para-hydroxylation sites is 1. The summed E-state index contributed by atoms with van der Waals surface area (Å²) in [4.78, 5) is 39.2. The van der Waals surface area contributed by atoms with Crippen LogP contribution in [0.5, 0.6) is 0 Å². The van der Waals surface area contributed by atoms with E-state index in [2.05, 4.69) is 15.5 Å². The Morgan fingerprint density at radius 1 is 0.898 bits per heavy atom. The van der Waals surface area contributed by atoms with Crippen LogP contribution in [0, 0.1) is 25.5 Å². The number of aliphatic carboxylic acids is 1. The molecule has 13 heteroatoms. The van der Waals surface area contributed by atoms with Gasteiger partial charge in [-0.15, -0.1) is 0 Å². The monoisotopic (exact) mass is 674 g/mol. The molecule has 0 aliphatic carbocycles. The number of pyridine rings is 1. The topological polar surface area (TPSA) is 117 Å². The van der Waals surface area contributed by atoms with Crippen molar-refractivity contribution in [2.75, 3.05) is 0 Å². The molecule has 8 nitrogen and oxygen atoms in total. The molecule has 0 aliphatic rings. The number of aromatic amines is 1. The molecule has 250 valence electrons. The number of carboxylic acid groups (broad SMARTS) is 1. The van der Waals surface area contributed by atoms with Gasteiger partial charge in [0.2, 0.25) is 0 Å². The quantitative estimate of drug-likeness (QED) is 0.157. The van der Waals surface area contributed by atoms with E-state index in [4.69, 9.17) is 0 Å². The maximum absolute atomic E-state index is 15.7. The van der Waals surface area contributed by atoms with Crippen LogP contribution in [-0.2, 0) is 24.4 Å². The Kier molecular flexibility index (Phi) is 8.31. The number of carboxylic acids is 1. The smallest absolute Gasteiger partial charge is 0.417 e. The average Bonchev–Trinajstić information content (AvgIpc) is 3.38. The number of fused-ring (bicyclic) bond motifs is 2. The fraction of sp³-hybridized carbons (Fsp3) is 0.167. The van der Waals surface area contributed by atoms with Crippen LogP contribution >= 0.6 is 0 Å². The van der Waals surface area contributed by atoms with Gasteiger partial charge in [0, 0.05) is 35.7 Å². The van der Waals surface area contributed by atoms with Gasteiger partial charge >= 0.3 is 12.1 Å². The van der Waals surface area contributed by atoms with E-state index in [0.717, 1.165) is 16.7 Å². The molecule has 4 aromatic carbocycles. The van der Waals surface area contributed by atoms with Crippen molar-refractivity contribution in [1.82, 2.24) is 20.1 Å². The van der Waals surface area contributed by atoms with Gasteiger partial charge in [-0.1, -0.05) is 54.6 Å². The number of halogens is 5. The van der Waals surface area contributed by atoms with Crippen LogP contribution in [0.15, 0.2) is 77.6 Å². The summed E-state index contributed by atoms with van der Waals surface area (Å²) in [6.45, 7) is 3.22.